The van der Waals surface area contributed by atoms with Crippen LogP contribution in [-0.4, -0.2) is 21.0 Å². The minimum atomic E-state index is -0.0863. The lowest BCUT2D eigenvalue weighted by molar-refractivity contribution is 0.125. The number of rotatable bonds is 3. The standard InChI is InChI=1S/C14H18N2O/c17-14-7-3-5-11(14)8-9-16-13-6-2-1-4-12(13)10-15-16/h1-2,4,6,10-11,14,17H,3,5,7-9H2. The minimum Gasteiger partial charge on any atom is -0.393 e. The van der Waals surface area contributed by atoms with Gasteiger partial charge in [0.1, 0.15) is 0 Å². The second-order valence-corrected chi connectivity index (χ2v) is 4.97. The van der Waals surface area contributed by atoms with Gasteiger partial charge in [-0.3, -0.25) is 4.68 Å². The molecule has 1 fully saturated rings. The lowest BCUT2D eigenvalue weighted by Gasteiger charge is -2.14. The maximum Gasteiger partial charge on any atom is 0.0682 e. The molecule has 0 saturated heterocycles. The van der Waals surface area contributed by atoms with Crippen LogP contribution < -0.4 is 0 Å². The van der Waals surface area contributed by atoms with E-state index in [0.29, 0.717) is 5.92 Å². The zero-order valence-electron chi connectivity index (χ0n) is 9.92. The van der Waals surface area contributed by atoms with E-state index in [9.17, 15) is 5.11 Å². The van der Waals surface area contributed by atoms with Crippen molar-refractivity contribution in [1.29, 1.82) is 0 Å². The molecular weight excluding hydrogens is 212 g/mol. The maximum atomic E-state index is 9.80. The van der Waals surface area contributed by atoms with E-state index in [0.717, 1.165) is 19.4 Å². The number of benzene rings is 1. The van der Waals surface area contributed by atoms with Gasteiger partial charge in [0.05, 0.1) is 17.8 Å². The average molecular weight is 230 g/mol. The molecule has 3 heteroatoms. The molecule has 1 aliphatic carbocycles. The molecule has 1 aromatic carbocycles. The predicted octanol–water partition coefficient (Wildman–Crippen LogP) is 2.59. The van der Waals surface area contributed by atoms with Crippen molar-refractivity contribution in [3.05, 3.63) is 30.5 Å². The molecule has 0 spiro atoms. The lowest BCUT2D eigenvalue weighted by atomic mass is 10.0. The van der Waals surface area contributed by atoms with Crippen LogP contribution in [0.5, 0.6) is 0 Å². The van der Waals surface area contributed by atoms with E-state index in [1.54, 1.807) is 0 Å². The number of hydrogen-bond donors (Lipinski definition) is 1. The molecule has 3 rings (SSSR count). The Hall–Kier alpha value is -1.35. The maximum absolute atomic E-state index is 9.80. The number of aryl methyl sites for hydroxylation is 1. The fourth-order valence-electron chi connectivity index (χ4n) is 2.85. The van der Waals surface area contributed by atoms with Crippen LogP contribution in [0.2, 0.25) is 0 Å². The Labute approximate surface area is 101 Å². The van der Waals surface area contributed by atoms with Crippen LogP contribution in [0.25, 0.3) is 10.9 Å². The molecule has 0 aliphatic heterocycles. The molecule has 0 radical (unpaired) electrons. The Kier molecular flexibility index (Phi) is 2.85. The van der Waals surface area contributed by atoms with Gasteiger partial charge < -0.3 is 5.11 Å². The van der Waals surface area contributed by atoms with E-state index in [-0.39, 0.29) is 6.10 Å². The SMILES string of the molecule is OC1CCCC1CCn1ncc2ccccc21. The second-order valence-electron chi connectivity index (χ2n) is 4.97. The Bertz CT molecular complexity index is 506. The van der Waals surface area contributed by atoms with Crippen molar-refractivity contribution in [3.63, 3.8) is 0 Å². The summed E-state index contributed by atoms with van der Waals surface area (Å²) in [5, 5.41) is 15.4. The first kappa shape index (κ1) is 10.8. The van der Waals surface area contributed by atoms with Crippen LogP contribution in [0.4, 0.5) is 0 Å². The summed E-state index contributed by atoms with van der Waals surface area (Å²) in [4.78, 5) is 0. The molecule has 3 nitrogen and oxygen atoms in total. The van der Waals surface area contributed by atoms with E-state index >= 15 is 0 Å². The van der Waals surface area contributed by atoms with E-state index in [4.69, 9.17) is 0 Å². The summed E-state index contributed by atoms with van der Waals surface area (Å²) >= 11 is 0. The van der Waals surface area contributed by atoms with Crippen molar-refractivity contribution >= 4 is 10.9 Å². The molecule has 2 aromatic rings. The number of aliphatic hydroxyl groups is 1. The summed E-state index contributed by atoms with van der Waals surface area (Å²) in [7, 11) is 0. The second kappa shape index (κ2) is 4.49. The van der Waals surface area contributed by atoms with E-state index in [2.05, 4.69) is 21.9 Å². The number of fused-ring (bicyclic) bond motifs is 1. The van der Waals surface area contributed by atoms with Crippen molar-refractivity contribution in [1.82, 2.24) is 9.78 Å². The highest BCUT2D eigenvalue weighted by Gasteiger charge is 2.24. The first-order chi connectivity index (χ1) is 8.34. The third-order valence-corrected chi connectivity index (χ3v) is 3.88. The van der Waals surface area contributed by atoms with Crippen molar-refractivity contribution in [2.45, 2.75) is 38.3 Å². The van der Waals surface area contributed by atoms with Gasteiger partial charge in [0.15, 0.2) is 0 Å². The monoisotopic (exact) mass is 230 g/mol. The normalized spacial score (nSPS) is 24.5. The largest absolute Gasteiger partial charge is 0.393 e. The fraction of sp³-hybridized carbons (Fsp3) is 0.500. The topological polar surface area (TPSA) is 38.0 Å². The lowest BCUT2D eigenvalue weighted by Crippen LogP contribution is -2.15. The van der Waals surface area contributed by atoms with Gasteiger partial charge in [0, 0.05) is 11.9 Å². The first-order valence-electron chi connectivity index (χ1n) is 6.43. The van der Waals surface area contributed by atoms with Crippen LogP contribution in [0.1, 0.15) is 25.7 Å². The molecule has 1 N–H and O–H groups in total. The van der Waals surface area contributed by atoms with Crippen molar-refractivity contribution in [2.24, 2.45) is 5.92 Å². The molecule has 90 valence electrons. The fourth-order valence-corrected chi connectivity index (χ4v) is 2.85. The van der Waals surface area contributed by atoms with Gasteiger partial charge in [-0.05, 0) is 31.2 Å². The summed E-state index contributed by atoms with van der Waals surface area (Å²) in [6.45, 7) is 0.912. The van der Waals surface area contributed by atoms with Gasteiger partial charge in [-0.1, -0.05) is 24.6 Å². The van der Waals surface area contributed by atoms with E-state index in [1.165, 1.54) is 23.7 Å². The predicted molar refractivity (Wildman–Crippen MR) is 67.7 cm³/mol. The molecule has 0 amide bonds. The Morgan fingerprint density at radius 1 is 1.29 bits per heavy atom. The summed E-state index contributed by atoms with van der Waals surface area (Å²) < 4.78 is 2.06. The highest BCUT2D eigenvalue weighted by Crippen LogP contribution is 2.28. The van der Waals surface area contributed by atoms with Gasteiger partial charge in [-0.2, -0.15) is 5.10 Å². The quantitative estimate of drug-likeness (QED) is 0.880. The molecule has 1 aromatic heterocycles. The van der Waals surface area contributed by atoms with Gasteiger partial charge in [0.25, 0.3) is 0 Å². The van der Waals surface area contributed by atoms with Crippen molar-refractivity contribution in [3.8, 4) is 0 Å². The highest BCUT2D eigenvalue weighted by molar-refractivity contribution is 5.78. The van der Waals surface area contributed by atoms with Gasteiger partial charge >= 0.3 is 0 Å². The summed E-state index contributed by atoms with van der Waals surface area (Å²) in [6, 6.07) is 8.27. The number of para-hydroxylation sites is 1. The number of aliphatic hydroxyl groups excluding tert-OH is 1. The Morgan fingerprint density at radius 3 is 3.00 bits per heavy atom. The molecular formula is C14H18N2O. The first-order valence-corrected chi connectivity index (χ1v) is 6.43. The zero-order valence-corrected chi connectivity index (χ0v) is 9.92. The van der Waals surface area contributed by atoms with Gasteiger partial charge in [-0.15, -0.1) is 0 Å². The van der Waals surface area contributed by atoms with Gasteiger partial charge in [-0.25, -0.2) is 0 Å². The van der Waals surface area contributed by atoms with Crippen LogP contribution in [0.3, 0.4) is 0 Å². The molecule has 2 unspecified atom stereocenters. The number of aromatic nitrogens is 2. The van der Waals surface area contributed by atoms with Crippen LogP contribution in [0.15, 0.2) is 30.5 Å². The van der Waals surface area contributed by atoms with Crippen LogP contribution in [-0.2, 0) is 6.54 Å². The zero-order chi connectivity index (χ0) is 11.7. The molecule has 1 heterocycles. The van der Waals surface area contributed by atoms with Crippen LogP contribution in [0, 0.1) is 5.92 Å². The molecule has 0 bridgehead atoms. The number of hydrogen-bond acceptors (Lipinski definition) is 2. The van der Waals surface area contributed by atoms with Gasteiger partial charge in [0.2, 0.25) is 0 Å². The average Bonchev–Trinajstić information content (AvgIpc) is 2.93. The molecule has 17 heavy (non-hydrogen) atoms. The summed E-state index contributed by atoms with van der Waals surface area (Å²) in [6.07, 6.45) is 6.18. The van der Waals surface area contributed by atoms with E-state index < -0.39 is 0 Å². The van der Waals surface area contributed by atoms with Crippen molar-refractivity contribution < 1.29 is 5.11 Å². The summed E-state index contributed by atoms with van der Waals surface area (Å²) in [5.41, 5.74) is 1.19. The number of nitrogens with zero attached hydrogens (tertiary/aromatic N) is 2. The third-order valence-electron chi connectivity index (χ3n) is 3.88. The van der Waals surface area contributed by atoms with E-state index in [1.807, 2.05) is 18.3 Å². The summed E-state index contributed by atoms with van der Waals surface area (Å²) in [5.74, 6) is 0.470. The van der Waals surface area contributed by atoms with Crippen molar-refractivity contribution in [2.75, 3.05) is 0 Å². The molecule has 1 aliphatic rings. The Balaban J connectivity index is 1.72. The highest BCUT2D eigenvalue weighted by atomic mass is 16.3. The molecule has 1 saturated carbocycles. The van der Waals surface area contributed by atoms with Crippen LogP contribution >= 0.6 is 0 Å². The Morgan fingerprint density at radius 2 is 2.18 bits per heavy atom. The molecule has 2 atom stereocenters. The third kappa shape index (κ3) is 2.07. The minimum absolute atomic E-state index is 0.0863. The smallest absolute Gasteiger partial charge is 0.0682 e.